The van der Waals surface area contributed by atoms with Crippen LogP contribution in [-0.2, 0) is 10.8 Å². The first-order chi connectivity index (χ1) is 10.6. The van der Waals surface area contributed by atoms with Gasteiger partial charge >= 0.3 is 0 Å². The van der Waals surface area contributed by atoms with E-state index in [1.54, 1.807) is 16.9 Å². The van der Waals surface area contributed by atoms with E-state index in [1.807, 2.05) is 13.0 Å². The zero-order valence-electron chi connectivity index (χ0n) is 12.6. The van der Waals surface area contributed by atoms with Gasteiger partial charge < -0.3 is 0 Å². The molecule has 0 amide bonds. The average Bonchev–Trinajstić information content (AvgIpc) is 2.85. The molecule has 2 aliphatic heterocycles. The van der Waals surface area contributed by atoms with E-state index in [4.69, 9.17) is 0 Å². The smallest absolute Gasteiger partial charge is 0.169 e. The summed E-state index contributed by atoms with van der Waals surface area (Å²) >= 11 is 0. The first-order valence-electron chi connectivity index (χ1n) is 7.87. The predicted octanol–water partition coefficient (Wildman–Crippen LogP) is 2.30. The molecule has 2 unspecified atom stereocenters. The summed E-state index contributed by atoms with van der Waals surface area (Å²) in [4.78, 5) is 17.1. The number of aryl methyl sites for hydroxylation is 1. The number of hydrogen-bond donors (Lipinski definition) is 0. The Kier molecular flexibility index (Phi) is 3.36. The summed E-state index contributed by atoms with van der Waals surface area (Å²) in [7, 11) is -0.734. The van der Waals surface area contributed by atoms with Gasteiger partial charge in [-0.25, -0.2) is 9.50 Å². The molecule has 0 spiro atoms. The molecule has 2 bridgehead atoms. The molecule has 22 heavy (non-hydrogen) atoms. The number of carbonyl (C=O) groups excluding carboxylic acids is 1. The van der Waals surface area contributed by atoms with Crippen LogP contribution in [0.15, 0.2) is 18.5 Å². The van der Waals surface area contributed by atoms with Crippen LogP contribution in [0.4, 0.5) is 0 Å². The van der Waals surface area contributed by atoms with Gasteiger partial charge in [-0.1, -0.05) is 6.42 Å². The lowest BCUT2D eigenvalue weighted by Crippen LogP contribution is -2.41. The fraction of sp³-hybridized carbons (Fsp3) is 0.562. The minimum absolute atomic E-state index is 0.0103. The van der Waals surface area contributed by atoms with Gasteiger partial charge in [-0.15, -0.1) is 0 Å². The van der Waals surface area contributed by atoms with Gasteiger partial charge in [-0.2, -0.15) is 5.10 Å². The molecule has 6 heteroatoms. The number of carbonyl (C=O) groups is 1. The molecule has 0 N–H and O–H groups in total. The Balaban J connectivity index is 1.61. The molecule has 4 heterocycles. The summed E-state index contributed by atoms with van der Waals surface area (Å²) in [6.07, 6.45) is 8.11. The topological polar surface area (TPSA) is 64.3 Å². The molecule has 0 aromatic carbocycles. The highest BCUT2D eigenvalue weighted by Crippen LogP contribution is 2.38. The number of fused-ring (bicyclic) bond motifs is 3. The molecule has 2 saturated heterocycles. The lowest BCUT2D eigenvalue weighted by molar-refractivity contribution is 0.0894. The summed E-state index contributed by atoms with van der Waals surface area (Å²) in [5, 5.41) is 4.75. The first-order valence-corrected chi connectivity index (χ1v) is 9.15. The van der Waals surface area contributed by atoms with Crippen LogP contribution in [0, 0.1) is 12.8 Å². The second-order valence-corrected chi connectivity index (χ2v) is 8.46. The Morgan fingerprint density at radius 2 is 2.05 bits per heavy atom. The van der Waals surface area contributed by atoms with Crippen molar-refractivity contribution in [1.82, 2.24) is 14.6 Å². The SMILES string of the molecule is Cc1cc2ncc(C(=O)C3CC4CCCC(C3)S4=O)cn2n1. The third-order valence-corrected chi connectivity index (χ3v) is 7.07. The maximum Gasteiger partial charge on any atom is 0.169 e. The Morgan fingerprint density at radius 1 is 1.32 bits per heavy atom. The van der Waals surface area contributed by atoms with Crippen LogP contribution < -0.4 is 0 Å². The van der Waals surface area contributed by atoms with Crippen molar-refractivity contribution in [2.45, 2.75) is 49.5 Å². The molecule has 0 aliphatic carbocycles. The van der Waals surface area contributed by atoms with Crippen LogP contribution in [0.3, 0.4) is 0 Å². The van der Waals surface area contributed by atoms with Gasteiger partial charge in [0.1, 0.15) is 0 Å². The highest BCUT2D eigenvalue weighted by atomic mass is 32.2. The number of hydrogen-bond acceptors (Lipinski definition) is 4. The lowest BCUT2D eigenvalue weighted by atomic mass is 9.85. The molecule has 4 rings (SSSR count). The van der Waals surface area contributed by atoms with E-state index in [1.165, 1.54) is 0 Å². The fourth-order valence-corrected chi connectivity index (χ4v) is 5.99. The van der Waals surface area contributed by atoms with Crippen LogP contribution >= 0.6 is 0 Å². The molecule has 116 valence electrons. The minimum Gasteiger partial charge on any atom is -0.294 e. The van der Waals surface area contributed by atoms with Crippen molar-refractivity contribution in [3.05, 3.63) is 29.7 Å². The highest BCUT2D eigenvalue weighted by Gasteiger charge is 2.40. The molecule has 0 radical (unpaired) electrons. The molecule has 2 atom stereocenters. The van der Waals surface area contributed by atoms with Crippen molar-refractivity contribution < 1.29 is 9.00 Å². The van der Waals surface area contributed by atoms with Crippen LogP contribution in [0.1, 0.15) is 48.2 Å². The molecular weight excluding hydrogens is 298 g/mol. The largest absolute Gasteiger partial charge is 0.294 e. The molecule has 2 aliphatic rings. The third-order valence-electron chi connectivity index (χ3n) is 4.89. The average molecular weight is 317 g/mol. The summed E-state index contributed by atoms with van der Waals surface area (Å²) in [5.41, 5.74) is 2.27. The lowest BCUT2D eigenvalue weighted by Gasteiger charge is -2.37. The maximum atomic E-state index is 12.8. The van der Waals surface area contributed by atoms with E-state index in [9.17, 15) is 9.00 Å². The quantitative estimate of drug-likeness (QED) is 0.797. The Labute approximate surface area is 131 Å². The number of Topliss-reactive ketones (excluding diaryl/α,β-unsaturated/α-hetero) is 1. The summed E-state index contributed by atoms with van der Waals surface area (Å²) in [6.45, 7) is 1.91. The monoisotopic (exact) mass is 317 g/mol. The summed E-state index contributed by atoms with van der Waals surface area (Å²) < 4.78 is 13.9. The van der Waals surface area contributed by atoms with E-state index < -0.39 is 10.8 Å². The molecule has 5 nitrogen and oxygen atoms in total. The van der Waals surface area contributed by atoms with E-state index in [0.717, 1.165) is 43.4 Å². The second kappa shape index (κ2) is 5.26. The molecular formula is C16H19N3O2S. The van der Waals surface area contributed by atoms with Gasteiger partial charge in [-0.05, 0) is 32.6 Å². The van der Waals surface area contributed by atoms with Crippen molar-refractivity contribution in [3.63, 3.8) is 0 Å². The fourth-order valence-electron chi connectivity index (χ4n) is 3.81. The number of rotatable bonds is 2. The van der Waals surface area contributed by atoms with Gasteiger partial charge in [0.05, 0.1) is 11.3 Å². The first kappa shape index (κ1) is 14.1. The zero-order chi connectivity index (χ0) is 15.3. The van der Waals surface area contributed by atoms with Gasteiger partial charge in [0.15, 0.2) is 11.4 Å². The maximum absolute atomic E-state index is 12.8. The van der Waals surface area contributed by atoms with Crippen LogP contribution in [0.25, 0.3) is 5.65 Å². The van der Waals surface area contributed by atoms with Crippen molar-refractivity contribution >= 4 is 22.2 Å². The van der Waals surface area contributed by atoms with Gasteiger partial charge in [-0.3, -0.25) is 9.00 Å². The Hall–Kier alpha value is -1.56. The normalized spacial score (nSPS) is 31.3. The summed E-state index contributed by atoms with van der Waals surface area (Å²) in [5.74, 6) is 0.125. The molecule has 2 aromatic rings. The Morgan fingerprint density at radius 3 is 2.77 bits per heavy atom. The number of nitrogens with zero attached hydrogens (tertiary/aromatic N) is 3. The van der Waals surface area contributed by atoms with Crippen molar-refractivity contribution in [1.29, 1.82) is 0 Å². The van der Waals surface area contributed by atoms with Crippen LogP contribution in [-0.4, -0.2) is 35.1 Å². The standard InChI is InChI=1S/C16H19N3O2S/c1-10-5-15-17-8-12(9-19(15)18-10)16(20)11-6-13-3-2-4-14(7-11)22(13)21/h5,8-9,11,13-14H,2-4,6-7H2,1H3. The minimum atomic E-state index is -0.734. The van der Waals surface area contributed by atoms with Gasteiger partial charge in [0.2, 0.25) is 0 Å². The van der Waals surface area contributed by atoms with E-state index in [0.29, 0.717) is 5.56 Å². The van der Waals surface area contributed by atoms with E-state index >= 15 is 0 Å². The second-order valence-electron chi connectivity index (χ2n) is 6.47. The van der Waals surface area contributed by atoms with Crippen molar-refractivity contribution in [2.75, 3.05) is 0 Å². The van der Waals surface area contributed by atoms with Gasteiger partial charge in [0, 0.05) is 45.7 Å². The third kappa shape index (κ3) is 2.29. The van der Waals surface area contributed by atoms with E-state index in [-0.39, 0.29) is 22.2 Å². The van der Waals surface area contributed by atoms with E-state index in [2.05, 4.69) is 10.1 Å². The van der Waals surface area contributed by atoms with Crippen LogP contribution in [0.2, 0.25) is 0 Å². The molecule has 2 fully saturated rings. The van der Waals surface area contributed by atoms with Crippen molar-refractivity contribution in [3.8, 4) is 0 Å². The predicted molar refractivity (Wildman–Crippen MR) is 84.3 cm³/mol. The number of aromatic nitrogens is 3. The molecule has 0 saturated carbocycles. The zero-order valence-corrected chi connectivity index (χ0v) is 13.4. The summed E-state index contributed by atoms with van der Waals surface area (Å²) in [6, 6.07) is 1.89. The van der Waals surface area contributed by atoms with Gasteiger partial charge in [0.25, 0.3) is 0 Å². The Bertz CT molecular complexity index is 754. The number of ketones is 1. The highest BCUT2D eigenvalue weighted by molar-refractivity contribution is 7.86. The molecule has 2 aromatic heterocycles. The van der Waals surface area contributed by atoms with Crippen molar-refractivity contribution in [2.24, 2.45) is 5.92 Å². The van der Waals surface area contributed by atoms with Crippen LogP contribution in [0.5, 0.6) is 0 Å².